The molecule has 3 rings (SSSR count). The molecule has 0 radical (unpaired) electrons. The maximum atomic E-state index is 13.4. The molecule has 0 aliphatic carbocycles. The van der Waals surface area contributed by atoms with Crippen molar-refractivity contribution in [1.82, 2.24) is 9.80 Å². The number of Topliss-reactive ketones (excluding diaryl/α,β-unsaturated/α-hetero) is 1. The Morgan fingerprint density at radius 3 is 2.24 bits per heavy atom. The fraction of sp³-hybridized carbons (Fsp3) is 0.462. The quantitative estimate of drug-likeness (QED) is 0.248. The van der Waals surface area contributed by atoms with Crippen molar-refractivity contribution in [3.63, 3.8) is 0 Å². The summed E-state index contributed by atoms with van der Waals surface area (Å²) < 4.78 is 13.4. The molecule has 0 unspecified atom stereocenters. The molecule has 1 saturated heterocycles. The van der Waals surface area contributed by atoms with Crippen LogP contribution in [-0.4, -0.2) is 52.8 Å². The Hall–Kier alpha value is -2.51. The third kappa shape index (κ3) is 6.09. The van der Waals surface area contributed by atoms with Gasteiger partial charge in [-0.1, -0.05) is 32.8 Å². The summed E-state index contributed by atoms with van der Waals surface area (Å²) in [5.41, 5.74) is 0.393. The van der Waals surface area contributed by atoms with E-state index in [4.69, 9.17) is 0 Å². The summed E-state index contributed by atoms with van der Waals surface area (Å²) in [4.78, 5) is 30.8. The molecule has 0 saturated carbocycles. The number of carbonyl (C=O) groups is 2. The molecule has 33 heavy (non-hydrogen) atoms. The first-order valence-corrected chi connectivity index (χ1v) is 12.7. The van der Waals surface area contributed by atoms with E-state index >= 15 is 0 Å². The fourth-order valence-corrected chi connectivity index (χ4v) is 5.03. The fourth-order valence-electron chi connectivity index (χ4n) is 4.18. The van der Waals surface area contributed by atoms with E-state index in [1.54, 1.807) is 4.90 Å². The molecule has 0 bridgehead atoms. The number of amides is 1. The van der Waals surface area contributed by atoms with E-state index in [0.717, 1.165) is 56.6 Å². The van der Waals surface area contributed by atoms with Crippen LogP contribution in [0, 0.1) is 5.82 Å². The van der Waals surface area contributed by atoms with Gasteiger partial charge in [0, 0.05) is 17.0 Å². The first kappa shape index (κ1) is 25.1. The standard InChI is InChI=1S/C26H33FN2O3S/c1-3-5-14-28(15-6-4-2)16-8-17-29-23(21-9-7-18-33-21)22(25(31)26(29)32)24(30)19-10-12-20(27)13-11-19/h7,9-13,18,23,30H,3-6,8,14-17H2,1-2H3/t23-/m0/s1. The second-order valence-electron chi connectivity index (χ2n) is 8.42. The zero-order chi connectivity index (χ0) is 23.8. The number of rotatable bonds is 12. The van der Waals surface area contributed by atoms with E-state index in [1.165, 1.54) is 35.6 Å². The molecule has 1 aromatic heterocycles. The number of likely N-dealkylation sites (tertiary alicyclic amines) is 1. The van der Waals surface area contributed by atoms with Crippen molar-refractivity contribution in [2.75, 3.05) is 26.2 Å². The lowest BCUT2D eigenvalue weighted by Crippen LogP contribution is -2.34. The summed E-state index contributed by atoms with van der Waals surface area (Å²) >= 11 is 1.45. The molecule has 1 aromatic carbocycles. The number of halogens is 1. The Labute approximate surface area is 199 Å². The van der Waals surface area contributed by atoms with Gasteiger partial charge in [-0.15, -0.1) is 11.3 Å². The van der Waals surface area contributed by atoms with Crippen LogP contribution in [-0.2, 0) is 9.59 Å². The molecular weight excluding hydrogens is 439 g/mol. The Morgan fingerprint density at radius 2 is 1.67 bits per heavy atom. The van der Waals surface area contributed by atoms with Crippen molar-refractivity contribution in [1.29, 1.82) is 0 Å². The number of nitrogens with zero attached hydrogens (tertiary/aromatic N) is 2. The van der Waals surface area contributed by atoms with Crippen molar-refractivity contribution in [3.8, 4) is 0 Å². The van der Waals surface area contributed by atoms with Crippen LogP contribution in [0.4, 0.5) is 4.39 Å². The Morgan fingerprint density at radius 1 is 1.03 bits per heavy atom. The second kappa shape index (κ2) is 12.1. The van der Waals surface area contributed by atoms with Crippen molar-refractivity contribution in [2.45, 2.75) is 52.0 Å². The van der Waals surface area contributed by atoms with Crippen LogP contribution in [0.2, 0.25) is 0 Å². The smallest absolute Gasteiger partial charge is 0.295 e. The average Bonchev–Trinajstić information content (AvgIpc) is 3.43. The zero-order valence-corrected chi connectivity index (χ0v) is 20.2. The number of benzene rings is 1. The van der Waals surface area contributed by atoms with E-state index < -0.39 is 23.5 Å². The van der Waals surface area contributed by atoms with Crippen LogP contribution < -0.4 is 0 Å². The van der Waals surface area contributed by atoms with E-state index in [2.05, 4.69) is 18.7 Å². The molecule has 7 heteroatoms. The van der Waals surface area contributed by atoms with Gasteiger partial charge in [-0.2, -0.15) is 0 Å². The predicted octanol–water partition coefficient (Wildman–Crippen LogP) is 5.60. The molecule has 1 amide bonds. The number of ketones is 1. The topological polar surface area (TPSA) is 60.9 Å². The molecular formula is C26H33FN2O3S. The number of hydrogen-bond donors (Lipinski definition) is 1. The van der Waals surface area contributed by atoms with Gasteiger partial charge in [-0.05, 0) is 74.6 Å². The first-order valence-electron chi connectivity index (χ1n) is 11.8. The van der Waals surface area contributed by atoms with Crippen LogP contribution in [0.5, 0.6) is 0 Å². The maximum Gasteiger partial charge on any atom is 0.295 e. The summed E-state index contributed by atoms with van der Waals surface area (Å²) in [6, 6.07) is 8.41. The molecule has 1 fully saturated rings. The lowest BCUT2D eigenvalue weighted by molar-refractivity contribution is -0.139. The minimum atomic E-state index is -0.691. The highest BCUT2D eigenvalue weighted by Gasteiger charge is 2.46. The largest absolute Gasteiger partial charge is 0.507 e. The predicted molar refractivity (Wildman–Crippen MR) is 131 cm³/mol. The maximum absolute atomic E-state index is 13.4. The third-order valence-electron chi connectivity index (χ3n) is 6.00. The average molecular weight is 473 g/mol. The van der Waals surface area contributed by atoms with E-state index in [1.807, 2.05) is 17.5 Å². The molecule has 1 aliphatic heterocycles. The second-order valence-corrected chi connectivity index (χ2v) is 9.40. The SMILES string of the molecule is CCCCN(CCCC)CCCN1C(=O)C(=O)C(=C(O)c2ccc(F)cc2)[C@@H]1c1cccs1. The van der Waals surface area contributed by atoms with Gasteiger partial charge in [-0.25, -0.2) is 4.39 Å². The summed E-state index contributed by atoms with van der Waals surface area (Å²) in [5.74, 6) is -1.98. The number of thiophene rings is 1. The van der Waals surface area contributed by atoms with Gasteiger partial charge in [0.15, 0.2) is 0 Å². The summed E-state index contributed by atoms with van der Waals surface area (Å²) in [5, 5.41) is 12.8. The van der Waals surface area contributed by atoms with Gasteiger partial charge >= 0.3 is 0 Å². The van der Waals surface area contributed by atoms with Crippen molar-refractivity contribution >= 4 is 28.8 Å². The molecule has 0 spiro atoms. The molecule has 2 aromatic rings. The highest BCUT2D eigenvalue weighted by atomic mass is 32.1. The summed E-state index contributed by atoms with van der Waals surface area (Å²) in [6.07, 6.45) is 5.30. The van der Waals surface area contributed by atoms with Gasteiger partial charge in [0.25, 0.3) is 11.7 Å². The Bertz CT molecular complexity index is 948. The molecule has 1 N–H and O–H groups in total. The van der Waals surface area contributed by atoms with E-state index in [0.29, 0.717) is 12.1 Å². The normalized spacial score (nSPS) is 17.9. The molecule has 2 heterocycles. The van der Waals surface area contributed by atoms with Gasteiger partial charge < -0.3 is 14.9 Å². The number of aliphatic hydroxyl groups is 1. The van der Waals surface area contributed by atoms with Crippen LogP contribution >= 0.6 is 11.3 Å². The van der Waals surface area contributed by atoms with Gasteiger partial charge in [0.1, 0.15) is 11.6 Å². The van der Waals surface area contributed by atoms with E-state index in [9.17, 15) is 19.1 Å². The monoisotopic (exact) mass is 472 g/mol. The molecule has 1 aliphatic rings. The Balaban J connectivity index is 1.83. The van der Waals surface area contributed by atoms with Gasteiger partial charge in [0.2, 0.25) is 0 Å². The minimum absolute atomic E-state index is 0.0721. The molecule has 178 valence electrons. The highest BCUT2D eigenvalue weighted by Crippen LogP contribution is 2.41. The van der Waals surface area contributed by atoms with Crippen molar-refractivity contribution in [2.24, 2.45) is 0 Å². The number of carbonyl (C=O) groups excluding carboxylic acids is 2. The van der Waals surface area contributed by atoms with Crippen LogP contribution in [0.25, 0.3) is 5.76 Å². The van der Waals surface area contributed by atoms with Gasteiger partial charge in [0.05, 0.1) is 11.6 Å². The lowest BCUT2D eigenvalue weighted by Gasteiger charge is -2.26. The van der Waals surface area contributed by atoms with Crippen molar-refractivity contribution < 1.29 is 19.1 Å². The van der Waals surface area contributed by atoms with Crippen molar-refractivity contribution in [3.05, 3.63) is 63.6 Å². The van der Waals surface area contributed by atoms with E-state index in [-0.39, 0.29) is 11.3 Å². The number of unbranched alkanes of at least 4 members (excludes halogenated alkanes) is 2. The summed E-state index contributed by atoms with van der Waals surface area (Å²) in [6.45, 7) is 7.72. The number of aliphatic hydroxyl groups excluding tert-OH is 1. The third-order valence-corrected chi connectivity index (χ3v) is 6.92. The van der Waals surface area contributed by atoms with Crippen LogP contribution in [0.3, 0.4) is 0 Å². The van der Waals surface area contributed by atoms with Crippen LogP contribution in [0.1, 0.15) is 62.4 Å². The minimum Gasteiger partial charge on any atom is -0.507 e. The molecule has 5 nitrogen and oxygen atoms in total. The number of hydrogen-bond acceptors (Lipinski definition) is 5. The summed E-state index contributed by atoms with van der Waals surface area (Å²) in [7, 11) is 0. The lowest BCUT2D eigenvalue weighted by atomic mass is 10.00. The molecule has 1 atom stereocenters. The highest BCUT2D eigenvalue weighted by molar-refractivity contribution is 7.10. The van der Waals surface area contributed by atoms with Gasteiger partial charge in [-0.3, -0.25) is 9.59 Å². The zero-order valence-electron chi connectivity index (χ0n) is 19.4. The van der Waals surface area contributed by atoms with Crippen LogP contribution in [0.15, 0.2) is 47.4 Å². The first-order chi connectivity index (χ1) is 16.0. The Kier molecular flexibility index (Phi) is 9.21.